The summed E-state index contributed by atoms with van der Waals surface area (Å²) in [6, 6.07) is 12.5. The van der Waals surface area contributed by atoms with Crippen molar-refractivity contribution in [3.05, 3.63) is 59.9 Å². The molecule has 1 aromatic heterocycles. The molecule has 2 heterocycles. The highest BCUT2D eigenvalue weighted by atomic mass is 32.2. The number of piperidine rings is 1. The Morgan fingerprint density at radius 2 is 2.12 bits per heavy atom. The molecule has 126 valence electrons. The van der Waals surface area contributed by atoms with Crippen LogP contribution in [-0.2, 0) is 6.54 Å². The molecule has 0 unspecified atom stereocenters. The van der Waals surface area contributed by atoms with Gasteiger partial charge >= 0.3 is 6.03 Å². The van der Waals surface area contributed by atoms with Gasteiger partial charge in [0.05, 0.1) is 6.04 Å². The summed E-state index contributed by atoms with van der Waals surface area (Å²) in [4.78, 5) is 20.1. The quantitative estimate of drug-likeness (QED) is 0.846. The summed E-state index contributed by atoms with van der Waals surface area (Å²) in [5.41, 5.74) is 2.24. The van der Waals surface area contributed by atoms with Gasteiger partial charge in [-0.25, -0.2) is 4.79 Å². The van der Waals surface area contributed by atoms with Crippen LogP contribution in [0.25, 0.3) is 0 Å². The van der Waals surface area contributed by atoms with E-state index in [2.05, 4.69) is 46.9 Å². The minimum atomic E-state index is 0.0116. The lowest BCUT2D eigenvalue weighted by Crippen LogP contribution is -2.44. The minimum absolute atomic E-state index is 0.0116. The lowest BCUT2D eigenvalue weighted by molar-refractivity contribution is 0.151. The molecule has 5 heteroatoms. The van der Waals surface area contributed by atoms with Gasteiger partial charge in [-0.1, -0.05) is 18.2 Å². The van der Waals surface area contributed by atoms with E-state index in [4.69, 9.17) is 0 Å². The Bertz CT molecular complexity index is 660. The molecule has 1 saturated heterocycles. The van der Waals surface area contributed by atoms with E-state index >= 15 is 0 Å². The van der Waals surface area contributed by atoms with Gasteiger partial charge in [-0.3, -0.25) is 4.98 Å². The third-order valence-electron chi connectivity index (χ3n) is 4.44. The molecule has 1 fully saturated rings. The maximum atomic E-state index is 12.7. The molecule has 2 amide bonds. The Morgan fingerprint density at radius 1 is 1.29 bits per heavy atom. The number of carbonyl (C=O) groups excluding carboxylic acids is 1. The van der Waals surface area contributed by atoms with Crippen LogP contribution < -0.4 is 5.32 Å². The van der Waals surface area contributed by atoms with Gasteiger partial charge < -0.3 is 10.2 Å². The fourth-order valence-corrected chi connectivity index (χ4v) is 3.53. The number of rotatable bonds is 4. The zero-order valence-electron chi connectivity index (χ0n) is 13.9. The molecule has 1 aliphatic rings. The first-order valence-electron chi connectivity index (χ1n) is 8.35. The van der Waals surface area contributed by atoms with Gasteiger partial charge in [0.15, 0.2) is 0 Å². The second-order valence-electron chi connectivity index (χ2n) is 6.00. The predicted octanol–water partition coefficient (Wildman–Crippen LogP) is 4.24. The monoisotopic (exact) mass is 341 g/mol. The number of amides is 2. The topological polar surface area (TPSA) is 45.2 Å². The van der Waals surface area contributed by atoms with Crippen molar-refractivity contribution in [1.82, 2.24) is 15.2 Å². The van der Waals surface area contributed by atoms with Crippen LogP contribution in [0.5, 0.6) is 0 Å². The predicted molar refractivity (Wildman–Crippen MR) is 98.0 cm³/mol. The standard InChI is InChI=1S/C19H23N3OS/c1-24-17-9-7-15(8-10-17)13-21-19(23)22-12-3-2-6-18(22)16-5-4-11-20-14-16/h4-5,7-11,14,18H,2-3,6,12-13H2,1H3,(H,21,23)/t18-/m0/s1. The Balaban J connectivity index is 1.63. The van der Waals surface area contributed by atoms with E-state index in [9.17, 15) is 4.79 Å². The lowest BCUT2D eigenvalue weighted by atomic mass is 9.97. The van der Waals surface area contributed by atoms with Gasteiger partial charge in [-0.05, 0) is 54.8 Å². The number of aromatic nitrogens is 1. The maximum Gasteiger partial charge on any atom is 0.318 e. The normalized spacial score (nSPS) is 17.5. The van der Waals surface area contributed by atoms with Crippen LogP contribution in [0.15, 0.2) is 53.7 Å². The fraction of sp³-hybridized carbons (Fsp3) is 0.368. The first kappa shape index (κ1) is 16.8. The number of likely N-dealkylation sites (tertiary alicyclic amines) is 1. The van der Waals surface area contributed by atoms with Crippen LogP contribution in [0.1, 0.15) is 36.4 Å². The maximum absolute atomic E-state index is 12.7. The van der Waals surface area contributed by atoms with Gasteiger partial charge in [0, 0.05) is 30.4 Å². The van der Waals surface area contributed by atoms with Gasteiger partial charge in [-0.15, -0.1) is 11.8 Å². The molecule has 0 aliphatic carbocycles. The van der Waals surface area contributed by atoms with Crippen LogP contribution >= 0.6 is 11.8 Å². The van der Waals surface area contributed by atoms with E-state index in [-0.39, 0.29) is 12.1 Å². The first-order valence-corrected chi connectivity index (χ1v) is 9.58. The molecule has 0 radical (unpaired) electrons. The summed E-state index contributed by atoms with van der Waals surface area (Å²) in [6.07, 6.45) is 8.92. The molecule has 1 N–H and O–H groups in total. The zero-order chi connectivity index (χ0) is 16.8. The van der Waals surface area contributed by atoms with Crippen molar-refractivity contribution in [2.75, 3.05) is 12.8 Å². The van der Waals surface area contributed by atoms with Gasteiger partial charge in [0.1, 0.15) is 0 Å². The van der Waals surface area contributed by atoms with E-state index < -0.39 is 0 Å². The van der Waals surface area contributed by atoms with Crippen LogP contribution in [0, 0.1) is 0 Å². The molecule has 4 nitrogen and oxygen atoms in total. The van der Waals surface area contributed by atoms with Crippen molar-refractivity contribution in [1.29, 1.82) is 0 Å². The van der Waals surface area contributed by atoms with Crippen LogP contribution in [0.4, 0.5) is 4.79 Å². The van der Waals surface area contributed by atoms with Crippen molar-refractivity contribution in [3.63, 3.8) is 0 Å². The summed E-state index contributed by atoms with van der Waals surface area (Å²) < 4.78 is 0. The molecular weight excluding hydrogens is 318 g/mol. The summed E-state index contributed by atoms with van der Waals surface area (Å²) in [6.45, 7) is 1.36. The molecule has 1 aliphatic heterocycles. The Hall–Kier alpha value is -2.01. The number of carbonyl (C=O) groups is 1. The van der Waals surface area contributed by atoms with E-state index in [1.54, 1.807) is 18.0 Å². The first-order chi connectivity index (χ1) is 11.8. The smallest absolute Gasteiger partial charge is 0.318 e. The molecule has 1 atom stereocenters. The summed E-state index contributed by atoms with van der Waals surface area (Å²) >= 11 is 1.72. The van der Waals surface area contributed by atoms with Crippen molar-refractivity contribution >= 4 is 17.8 Å². The van der Waals surface area contributed by atoms with Crippen molar-refractivity contribution in [2.45, 2.75) is 36.7 Å². The molecule has 0 saturated carbocycles. The highest BCUT2D eigenvalue weighted by molar-refractivity contribution is 7.98. The average molecular weight is 341 g/mol. The van der Waals surface area contributed by atoms with Crippen LogP contribution in [-0.4, -0.2) is 28.7 Å². The van der Waals surface area contributed by atoms with E-state index in [0.29, 0.717) is 6.54 Å². The van der Waals surface area contributed by atoms with E-state index in [0.717, 1.165) is 36.9 Å². The number of hydrogen-bond acceptors (Lipinski definition) is 3. The lowest BCUT2D eigenvalue weighted by Gasteiger charge is -2.35. The third kappa shape index (κ3) is 4.09. The molecule has 0 bridgehead atoms. The van der Waals surface area contributed by atoms with Crippen LogP contribution in [0.2, 0.25) is 0 Å². The highest BCUT2D eigenvalue weighted by Gasteiger charge is 2.27. The average Bonchev–Trinajstić information content (AvgIpc) is 2.67. The van der Waals surface area contributed by atoms with E-state index in [1.165, 1.54) is 4.90 Å². The molecule has 2 aromatic rings. The van der Waals surface area contributed by atoms with Gasteiger partial charge in [0.2, 0.25) is 0 Å². The van der Waals surface area contributed by atoms with Crippen molar-refractivity contribution in [2.24, 2.45) is 0 Å². The molecular formula is C19H23N3OS. The number of nitrogens with one attached hydrogen (secondary N) is 1. The number of benzene rings is 1. The number of thioether (sulfide) groups is 1. The third-order valence-corrected chi connectivity index (χ3v) is 5.18. The number of urea groups is 1. The molecule has 24 heavy (non-hydrogen) atoms. The SMILES string of the molecule is CSc1ccc(CNC(=O)N2CCCC[C@H]2c2cccnc2)cc1. The Kier molecular flexibility index (Phi) is 5.75. The molecule has 3 rings (SSSR count). The van der Waals surface area contributed by atoms with E-state index in [1.807, 2.05) is 17.2 Å². The van der Waals surface area contributed by atoms with Crippen molar-refractivity contribution in [3.8, 4) is 0 Å². The highest BCUT2D eigenvalue weighted by Crippen LogP contribution is 2.30. The fourth-order valence-electron chi connectivity index (χ4n) is 3.12. The van der Waals surface area contributed by atoms with Crippen molar-refractivity contribution < 1.29 is 4.79 Å². The zero-order valence-corrected chi connectivity index (χ0v) is 14.8. The number of hydrogen-bond donors (Lipinski definition) is 1. The summed E-state index contributed by atoms with van der Waals surface area (Å²) in [5, 5.41) is 3.07. The Morgan fingerprint density at radius 3 is 2.83 bits per heavy atom. The number of nitrogens with zero attached hydrogens (tertiary/aromatic N) is 2. The second-order valence-corrected chi connectivity index (χ2v) is 6.88. The molecule has 1 aromatic carbocycles. The largest absolute Gasteiger partial charge is 0.334 e. The minimum Gasteiger partial charge on any atom is -0.334 e. The molecule has 0 spiro atoms. The van der Waals surface area contributed by atoms with Gasteiger partial charge in [0.25, 0.3) is 0 Å². The summed E-state index contributed by atoms with van der Waals surface area (Å²) in [5.74, 6) is 0. The van der Waals surface area contributed by atoms with Crippen LogP contribution in [0.3, 0.4) is 0 Å². The Labute approximate surface area is 147 Å². The second kappa shape index (κ2) is 8.20. The number of pyridine rings is 1. The summed E-state index contributed by atoms with van der Waals surface area (Å²) in [7, 11) is 0. The van der Waals surface area contributed by atoms with Gasteiger partial charge in [-0.2, -0.15) is 0 Å².